The number of nitrogens with zero attached hydrogens (tertiary/aromatic N) is 6. The number of ether oxygens (including phenoxy) is 3. The van der Waals surface area contributed by atoms with Gasteiger partial charge in [0, 0.05) is 57.1 Å². The monoisotopic (exact) mass is 599 g/mol. The first-order chi connectivity index (χ1) is 19.7. The standard InChI is InChI=1S/C29H38ClN7O5/c1-18-15-32-21(19(2)23(18)40-8)17-37-16-20(22-24(30)33-26(31)34-25(22)37)11-9-10-14-41-27(38)35(6)12-13-36(7)28(39)42-29(3,4)5/h15-16H,10,12-14,17H2,1-8H3,(H2,31,33,34). The summed E-state index contributed by atoms with van der Waals surface area (Å²) in [6.45, 7) is 10.3. The molecule has 0 atom stereocenters. The highest BCUT2D eigenvalue weighted by molar-refractivity contribution is 6.34. The summed E-state index contributed by atoms with van der Waals surface area (Å²) in [4.78, 5) is 40.3. The molecule has 0 aromatic carbocycles. The molecule has 2 amide bonds. The van der Waals surface area contributed by atoms with E-state index in [9.17, 15) is 9.59 Å². The van der Waals surface area contributed by atoms with Gasteiger partial charge in [0.25, 0.3) is 0 Å². The smallest absolute Gasteiger partial charge is 0.410 e. The first kappa shape index (κ1) is 32.3. The average Bonchev–Trinajstić information content (AvgIpc) is 3.24. The first-order valence-electron chi connectivity index (χ1n) is 13.3. The van der Waals surface area contributed by atoms with Gasteiger partial charge in [0.05, 0.1) is 30.3 Å². The van der Waals surface area contributed by atoms with Crippen LogP contribution >= 0.6 is 11.6 Å². The molecule has 2 N–H and O–H groups in total. The molecule has 3 aromatic rings. The second kappa shape index (κ2) is 13.6. The van der Waals surface area contributed by atoms with E-state index in [2.05, 4.69) is 26.8 Å². The van der Waals surface area contributed by atoms with Crippen LogP contribution in [-0.4, -0.2) is 88.0 Å². The van der Waals surface area contributed by atoms with Gasteiger partial charge < -0.3 is 34.3 Å². The highest BCUT2D eigenvalue weighted by Crippen LogP contribution is 2.29. The third-order valence-electron chi connectivity index (χ3n) is 6.22. The van der Waals surface area contributed by atoms with Crippen molar-refractivity contribution < 1.29 is 23.8 Å². The topological polar surface area (TPSA) is 138 Å². The lowest BCUT2D eigenvalue weighted by Crippen LogP contribution is -2.40. The van der Waals surface area contributed by atoms with Crippen molar-refractivity contribution in [3.8, 4) is 17.6 Å². The average molecular weight is 600 g/mol. The normalized spacial score (nSPS) is 11.1. The van der Waals surface area contributed by atoms with Crippen molar-refractivity contribution in [2.24, 2.45) is 0 Å². The van der Waals surface area contributed by atoms with Crippen LogP contribution in [0.3, 0.4) is 0 Å². The molecule has 226 valence electrons. The molecule has 3 heterocycles. The van der Waals surface area contributed by atoms with Crippen molar-refractivity contribution in [2.75, 3.05) is 46.6 Å². The zero-order valence-corrected chi connectivity index (χ0v) is 26.1. The third-order valence-corrected chi connectivity index (χ3v) is 6.50. The molecule has 0 bridgehead atoms. The second-order valence-electron chi connectivity index (χ2n) is 10.8. The Kier molecular flexibility index (Phi) is 10.5. The van der Waals surface area contributed by atoms with Gasteiger partial charge in [-0.2, -0.15) is 4.98 Å². The lowest BCUT2D eigenvalue weighted by atomic mass is 10.1. The number of fused-ring (bicyclic) bond motifs is 1. The van der Waals surface area contributed by atoms with Gasteiger partial charge in [0.2, 0.25) is 5.95 Å². The van der Waals surface area contributed by atoms with Gasteiger partial charge in [-0.15, -0.1) is 0 Å². The number of carbonyl (C=O) groups is 2. The van der Waals surface area contributed by atoms with Gasteiger partial charge in [-0.1, -0.05) is 23.4 Å². The highest BCUT2D eigenvalue weighted by atomic mass is 35.5. The van der Waals surface area contributed by atoms with E-state index in [1.165, 1.54) is 9.80 Å². The number of hydrogen-bond donors (Lipinski definition) is 1. The van der Waals surface area contributed by atoms with Crippen LogP contribution in [0.1, 0.15) is 49.6 Å². The predicted molar refractivity (Wildman–Crippen MR) is 161 cm³/mol. The SMILES string of the molecule is COc1c(C)cnc(Cn2cc(C#CCCOC(=O)N(C)CCN(C)C(=O)OC(C)(C)C)c3c(Cl)nc(N)nc32)c1C. The molecule has 0 saturated carbocycles. The molecular weight excluding hydrogens is 562 g/mol. The summed E-state index contributed by atoms with van der Waals surface area (Å²) in [5, 5.41) is 0.761. The van der Waals surface area contributed by atoms with Crippen molar-refractivity contribution in [3.05, 3.63) is 39.9 Å². The number of methoxy groups -OCH3 is 1. The molecule has 0 spiro atoms. The number of aryl methyl sites for hydroxylation is 1. The van der Waals surface area contributed by atoms with Crippen LogP contribution in [0.4, 0.5) is 15.5 Å². The number of aromatic nitrogens is 4. The summed E-state index contributed by atoms with van der Waals surface area (Å²) in [5.74, 6) is 6.94. The van der Waals surface area contributed by atoms with Crippen LogP contribution in [0.25, 0.3) is 11.0 Å². The summed E-state index contributed by atoms with van der Waals surface area (Å²) >= 11 is 6.45. The number of rotatable bonds is 8. The number of amides is 2. The van der Waals surface area contributed by atoms with Crippen molar-refractivity contribution >= 4 is 40.8 Å². The molecule has 0 radical (unpaired) electrons. The summed E-state index contributed by atoms with van der Waals surface area (Å²) in [6.07, 6.45) is 2.90. The zero-order valence-electron chi connectivity index (χ0n) is 25.4. The van der Waals surface area contributed by atoms with Gasteiger partial charge >= 0.3 is 12.2 Å². The Hall–Kier alpha value is -4.24. The first-order valence-corrected chi connectivity index (χ1v) is 13.7. The third kappa shape index (κ3) is 8.16. The number of likely N-dealkylation sites (N-methyl/N-ethyl adjacent to an activating group) is 2. The Bertz CT molecular complexity index is 1520. The number of nitrogen functional groups attached to an aromatic ring is 1. The molecule has 0 aliphatic rings. The number of carbonyl (C=O) groups excluding carboxylic acids is 2. The Balaban J connectivity index is 1.65. The molecule has 0 unspecified atom stereocenters. The van der Waals surface area contributed by atoms with E-state index in [1.807, 2.05) is 24.6 Å². The quantitative estimate of drug-likeness (QED) is 0.226. The van der Waals surface area contributed by atoms with Crippen molar-refractivity contribution in [1.29, 1.82) is 0 Å². The minimum atomic E-state index is -0.594. The maximum atomic E-state index is 12.4. The molecule has 3 rings (SSSR count). The maximum absolute atomic E-state index is 12.4. The van der Waals surface area contributed by atoms with E-state index >= 15 is 0 Å². The van der Waals surface area contributed by atoms with Gasteiger partial charge in [0.1, 0.15) is 28.8 Å². The molecule has 0 aliphatic carbocycles. The summed E-state index contributed by atoms with van der Waals surface area (Å²) in [5.41, 5.74) is 9.10. The Labute approximate surface area is 251 Å². The lowest BCUT2D eigenvalue weighted by molar-refractivity contribution is 0.0282. The Morgan fingerprint density at radius 3 is 2.43 bits per heavy atom. The highest BCUT2D eigenvalue weighted by Gasteiger charge is 2.21. The van der Waals surface area contributed by atoms with Crippen LogP contribution < -0.4 is 10.5 Å². The van der Waals surface area contributed by atoms with Crippen LogP contribution in [0, 0.1) is 25.7 Å². The fraction of sp³-hybridized carbons (Fsp3) is 0.483. The molecule has 0 fully saturated rings. The summed E-state index contributed by atoms with van der Waals surface area (Å²) in [6, 6.07) is 0. The molecule has 12 nitrogen and oxygen atoms in total. The van der Waals surface area contributed by atoms with Gasteiger partial charge in [-0.05, 0) is 34.6 Å². The minimum Gasteiger partial charge on any atom is -0.496 e. The van der Waals surface area contributed by atoms with Gasteiger partial charge in [0.15, 0.2) is 0 Å². The van der Waals surface area contributed by atoms with Crippen molar-refractivity contribution in [1.82, 2.24) is 29.3 Å². The lowest BCUT2D eigenvalue weighted by Gasteiger charge is -2.26. The molecule has 3 aromatic heterocycles. The number of hydrogen-bond acceptors (Lipinski definition) is 9. The number of nitrogens with two attached hydrogens (primary N) is 1. The van der Waals surface area contributed by atoms with E-state index < -0.39 is 17.8 Å². The predicted octanol–water partition coefficient (Wildman–Crippen LogP) is 4.41. The van der Waals surface area contributed by atoms with E-state index in [1.54, 1.807) is 48.2 Å². The molecular formula is C29H38ClN7O5. The number of halogens is 1. The van der Waals surface area contributed by atoms with Crippen molar-refractivity contribution in [3.63, 3.8) is 0 Å². The summed E-state index contributed by atoms with van der Waals surface area (Å²) < 4.78 is 18.1. The zero-order chi connectivity index (χ0) is 31.2. The van der Waals surface area contributed by atoms with Gasteiger partial charge in [-0.25, -0.2) is 14.6 Å². The second-order valence-corrected chi connectivity index (χ2v) is 11.1. The van der Waals surface area contributed by atoms with E-state index in [0.717, 1.165) is 22.6 Å². The maximum Gasteiger partial charge on any atom is 0.410 e. The summed E-state index contributed by atoms with van der Waals surface area (Å²) in [7, 11) is 4.84. The van der Waals surface area contributed by atoms with Crippen molar-refractivity contribution in [2.45, 2.75) is 53.2 Å². The van der Waals surface area contributed by atoms with Gasteiger partial charge in [-0.3, -0.25) is 4.98 Å². The number of pyridine rings is 1. The molecule has 13 heteroatoms. The minimum absolute atomic E-state index is 0.0471. The fourth-order valence-corrected chi connectivity index (χ4v) is 4.32. The van der Waals surface area contributed by atoms with E-state index in [4.69, 9.17) is 31.5 Å². The van der Waals surface area contributed by atoms with Crippen LogP contribution in [0.15, 0.2) is 12.4 Å². The Morgan fingerprint density at radius 1 is 1.12 bits per heavy atom. The molecule has 0 saturated heterocycles. The molecule has 0 aliphatic heterocycles. The van der Waals surface area contributed by atoms with E-state index in [-0.39, 0.29) is 30.7 Å². The van der Waals surface area contributed by atoms with E-state index in [0.29, 0.717) is 29.7 Å². The van der Waals surface area contributed by atoms with Crippen LogP contribution in [0.2, 0.25) is 5.15 Å². The fourth-order valence-electron chi connectivity index (χ4n) is 4.05. The molecule has 42 heavy (non-hydrogen) atoms. The Morgan fingerprint density at radius 2 is 1.79 bits per heavy atom. The number of anilines is 1. The van der Waals surface area contributed by atoms with Crippen LogP contribution in [-0.2, 0) is 16.0 Å². The van der Waals surface area contributed by atoms with Crippen LogP contribution in [0.5, 0.6) is 5.75 Å². The largest absolute Gasteiger partial charge is 0.496 e.